The average Bonchev–Trinajstić information content (AvgIpc) is 2.60. The summed E-state index contributed by atoms with van der Waals surface area (Å²) in [6, 6.07) is 21.9. The van der Waals surface area contributed by atoms with E-state index < -0.39 is 0 Å². The molecule has 0 saturated heterocycles. The number of halogens is 2. The molecule has 0 atom stereocenters. The standard InChI is InChI=1S/C23H30N2.2BrH/c1-25(2,3)19-9-18-24-17-7-6-13-22(24)16-15-21-12-8-11-20-10-4-5-14-23(20)21;;/h4-8,10-14,17H,9,15-16,18-19H2,1-3H3;2*1H/q+2;;/p-2. The second-order valence-corrected chi connectivity index (χ2v) is 7.89. The summed E-state index contributed by atoms with van der Waals surface area (Å²) >= 11 is 0. The van der Waals surface area contributed by atoms with Crippen molar-refractivity contribution in [2.75, 3.05) is 27.7 Å². The van der Waals surface area contributed by atoms with Crippen molar-refractivity contribution in [3.05, 3.63) is 78.1 Å². The highest BCUT2D eigenvalue weighted by Gasteiger charge is 2.13. The van der Waals surface area contributed by atoms with E-state index in [1.54, 1.807) is 0 Å². The van der Waals surface area contributed by atoms with Crippen LogP contribution in [0, 0.1) is 0 Å². The van der Waals surface area contributed by atoms with E-state index in [0.717, 1.165) is 23.9 Å². The van der Waals surface area contributed by atoms with Crippen molar-refractivity contribution >= 4 is 10.8 Å². The van der Waals surface area contributed by atoms with Gasteiger partial charge in [-0.2, -0.15) is 0 Å². The number of pyridine rings is 1. The third-order valence-corrected chi connectivity index (χ3v) is 4.79. The molecule has 1 heterocycles. The highest BCUT2D eigenvalue weighted by molar-refractivity contribution is 5.85. The van der Waals surface area contributed by atoms with E-state index in [1.807, 2.05) is 0 Å². The topological polar surface area (TPSA) is 3.88 Å². The summed E-state index contributed by atoms with van der Waals surface area (Å²) in [5.41, 5.74) is 2.87. The van der Waals surface area contributed by atoms with Crippen LogP contribution in [0.4, 0.5) is 0 Å². The van der Waals surface area contributed by atoms with Crippen LogP contribution >= 0.6 is 0 Å². The van der Waals surface area contributed by atoms with E-state index in [0.29, 0.717) is 0 Å². The number of quaternary nitrogens is 1. The molecule has 0 spiro atoms. The lowest BCUT2D eigenvalue weighted by Crippen LogP contribution is -3.00. The summed E-state index contributed by atoms with van der Waals surface area (Å²) in [6.07, 6.45) is 5.60. The third kappa shape index (κ3) is 7.02. The normalized spacial score (nSPS) is 10.9. The molecule has 4 heteroatoms. The fourth-order valence-electron chi connectivity index (χ4n) is 3.45. The Bertz CT molecular complexity index is 836. The fourth-order valence-corrected chi connectivity index (χ4v) is 3.45. The first-order valence-corrected chi connectivity index (χ1v) is 9.27. The SMILES string of the molecule is C[N+](C)(C)CCC[n+]1ccccc1CCc1cccc2ccccc12.[Br-].[Br-]. The lowest BCUT2D eigenvalue weighted by atomic mass is 10.00. The van der Waals surface area contributed by atoms with E-state index in [4.69, 9.17) is 0 Å². The predicted octanol–water partition coefficient (Wildman–Crippen LogP) is -1.98. The number of aromatic nitrogens is 1. The van der Waals surface area contributed by atoms with Crippen molar-refractivity contribution < 1.29 is 43.0 Å². The second-order valence-electron chi connectivity index (χ2n) is 7.89. The minimum absolute atomic E-state index is 0. The van der Waals surface area contributed by atoms with Gasteiger partial charge in [-0.05, 0) is 22.8 Å². The molecule has 0 unspecified atom stereocenters. The molecular weight excluding hydrogens is 464 g/mol. The molecular formula is C23H30Br2N2. The van der Waals surface area contributed by atoms with Gasteiger partial charge in [0.1, 0.15) is 0 Å². The summed E-state index contributed by atoms with van der Waals surface area (Å²) in [7, 11) is 6.78. The summed E-state index contributed by atoms with van der Waals surface area (Å²) in [6.45, 7) is 2.30. The van der Waals surface area contributed by atoms with Crippen molar-refractivity contribution in [1.29, 1.82) is 0 Å². The van der Waals surface area contributed by atoms with Crippen molar-refractivity contribution in [2.24, 2.45) is 0 Å². The van der Waals surface area contributed by atoms with Gasteiger partial charge < -0.3 is 38.4 Å². The molecule has 0 amide bonds. The van der Waals surface area contributed by atoms with Gasteiger partial charge in [-0.15, -0.1) is 0 Å². The van der Waals surface area contributed by atoms with E-state index in [1.165, 1.54) is 35.0 Å². The Morgan fingerprint density at radius 3 is 2.26 bits per heavy atom. The molecule has 0 saturated carbocycles. The third-order valence-electron chi connectivity index (χ3n) is 4.79. The molecule has 0 aliphatic carbocycles. The summed E-state index contributed by atoms with van der Waals surface area (Å²) in [4.78, 5) is 0. The number of hydrogen-bond acceptors (Lipinski definition) is 0. The van der Waals surface area contributed by atoms with Crippen LogP contribution in [0.3, 0.4) is 0 Å². The maximum absolute atomic E-state index is 2.43. The molecule has 2 nitrogen and oxygen atoms in total. The van der Waals surface area contributed by atoms with Crippen molar-refractivity contribution in [3.8, 4) is 0 Å². The van der Waals surface area contributed by atoms with Crippen LogP contribution in [-0.4, -0.2) is 32.2 Å². The Morgan fingerprint density at radius 2 is 1.48 bits per heavy atom. The molecule has 3 rings (SSSR count). The number of nitrogens with zero attached hydrogens (tertiary/aromatic N) is 2. The Morgan fingerprint density at radius 1 is 0.778 bits per heavy atom. The summed E-state index contributed by atoms with van der Waals surface area (Å²) in [5.74, 6) is 0. The molecule has 2 aromatic carbocycles. The fraction of sp³-hybridized carbons (Fsp3) is 0.348. The molecule has 0 radical (unpaired) electrons. The van der Waals surface area contributed by atoms with Gasteiger partial charge in [-0.3, -0.25) is 0 Å². The van der Waals surface area contributed by atoms with E-state index >= 15 is 0 Å². The number of aryl methyl sites for hydroxylation is 3. The first kappa shape index (κ1) is 23.8. The molecule has 0 aliphatic rings. The Kier molecular flexibility index (Phi) is 9.65. The maximum Gasteiger partial charge on any atom is 0.181 e. The average molecular weight is 494 g/mol. The van der Waals surface area contributed by atoms with Crippen LogP contribution in [0.5, 0.6) is 0 Å². The molecule has 146 valence electrons. The van der Waals surface area contributed by atoms with Gasteiger partial charge in [0.25, 0.3) is 0 Å². The Labute approximate surface area is 185 Å². The number of benzene rings is 2. The highest BCUT2D eigenvalue weighted by Crippen LogP contribution is 2.19. The van der Waals surface area contributed by atoms with Crippen LogP contribution in [0.15, 0.2) is 66.9 Å². The number of hydrogen-bond donors (Lipinski definition) is 0. The maximum atomic E-state index is 2.43. The smallest absolute Gasteiger partial charge is 0.181 e. The van der Waals surface area contributed by atoms with Gasteiger partial charge in [-0.25, -0.2) is 4.57 Å². The van der Waals surface area contributed by atoms with Crippen molar-refractivity contribution in [2.45, 2.75) is 25.8 Å². The zero-order chi connectivity index (χ0) is 17.7. The van der Waals surface area contributed by atoms with E-state index in [9.17, 15) is 0 Å². The first-order valence-electron chi connectivity index (χ1n) is 9.27. The lowest BCUT2D eigenvalue weighted by molar-refractivity contribution is -0.873. The Balaban J connectivity index is 0.00000182. The lowest BCUT2D eigenvalue weighted by Gasteiger charge is -2.23. The molecule has 0 fully saturated rings. The molecule has 0 bridgehead atoms. The predicted molar refractivity (Wildman–Crippen MR) is 106 cm³/mol. The van der Waals surface area contributed by atoms with Crippen molar-refractivity contribution in [3.63, 3.8) is 0 Å². The quantitative estimate of drug-likeness (QED) is 0.265. The second kappa shape index (κ2) is 10.9. The number of fused-ring (bicyclic) bond motifs is 1. The van der Waals surface area contributed by atoms with Gasteiger partial charge >= 0.3 is 0 Å². The van der Waals surface area contributed by atoms with Gasteiger partial charge in [0.15, 0.2) is 18.4 Å². The largest absolute Gasteiger partial charge is 1.00 e. The first-order chi connectivity index (χ1) is 12.0. The van der Waals surface area contributed by atoms with Crippen LogP contribution in [0.25, 0.3) is 10.8 Å². The molecule has 0 N–H and O–H groups in total. The van der Waals surface area contributed by atoms with E-state index in [-0.39, 0.29) is 34.0 Å². The van der Waals surface area contributed by atoms with Crippen LogP contribution in [-0.2, 0) is 19.4 Å². The minimum Gasteiger partial charge on any atom is -1.00 e. The zero-order valence-electron chi connectivity index (χ0n) is 16.5. The summed E-state index contributed by atoms with van der Waals surface area (Å²) < 4.78 is 3.46. The van der Waals surface area contributed by atoms with Gasteiger partial charge in [0, 0.05) is 18.6 Å². The van der Waals surface area contributed by atoms with Gasteiger partial charge in [0.2, 0.25) is 0 Å². The van der Waals surface area contributed by atoms with E-state index in [2.05, 4.69) is 92.6 Å². The van der Waals surface area contributed by atoms with Crippen LogP contribution < -0.4 is 38.5 Å². The minimum atomic E-state index is 0. The molecule has 27 heavy (non-hydrogen) atoms. The van der Waals surface area contributed by atoms with Gasteiger partial charge in [-0.1, -0.05) is 48.5 Å². The highest BCUT2D eigenvalue weighted by atomic mass is 79.9. The van der Waals surface area contributed by atoms with Crippen LogP contribution in [0.2, 0.25) is 0 Å². The van der Waals surface area contributed by atoms with Crippen molar-refractivity contribution in [1.82, 2.24) is 0 Å². The number of rotatable bonds is 7. The molecule has 1 aromatic heterocycles. The molecule has 3 aromatic rings. The zero-order valence-corrected chi connectivity index (χ0v) is 19.7. The van der Waals surface area contributed by atoms with Crippen LogP contribution in [0.1, 0.15) is 17.7 Å². The molecule has 0 aliphatic heterocycles. The monoisotopic (exact) mass is 492 g/mol. The summed E-state index contributed by atoms with van der Waals surface area (Å²) in [5, 5.41) is 2.72. The Hall–Kier alpha value is -1.23. The van der Waals surface area contributed by atoms with Gasteiger partial charge in [0.05, 0.1) is 34.1 Å².